The first-order chi connectivity index (χ1) is 10.7. The van der Waals surface area contributed by atoms with Crippen molar-refractivity contribution >= 4 is 49.6 Å². The summed E-state index contributed by atoms with van der Waals surface area (Å²) in [4.78, 5) is 0. The van der Waals surface area contributed by atoms with Crippen LogP contribution in [-0.2, 0) is 18.2 Å². The third-order valence-corrected chi connectivity index (χ3v) is 11.9. The molecule has 1 aromatic heterocycles. The predicted octanol–water partition coefficient (Wildman–Crippen LogP) is 3.43. The average molecular weight is 440 g/mol. The molecule has 0 aliphatic rings. The van der Waals surface area contributed by atoms with Gasteiger partial charge in [0.1, 0.15) is 0 Å². The Balaban J connectivity index is 2.35. The van der Waals surface area contributed by atoms with Crippen LogP contribution < -0.4 is 7.89 Å². The molecular weight excluding hydrogens is 411 g/mol. The van der Waals surface area contributed by atoms with Gasteiger partial charge in [-0.1, -0.05) is 0 Å². The van der Waals surface area contributed by atoms with Crippen LogP contribution in [0.15, 0.2) is 18.2 Å². The molecule has 0 spiro atoms. The van der Waals surface area contributed by atoms with Crippen molar-refractivity contribution in [2.24, 2.45) is 7.05 Å². The topological polar surface area (TPSA) is 27.1 Å². The van der Waals surface area contributed by atoms with E-state index in [1.807, 2.05) is 11.7 Å². The Labute approximate surface area is 150 Å². The van der Waals surface area contributed by atoms with Gasteiger partial charge in [-0.25, -0.2) is 0 Å². The second kappa shape index (κ2) is 7.60. The zero-order valence-corrected chi connectivity index (χ0v) is 18.9. The van der Waals surface area contributed by atoms with Crippen molar-refractivity contribution < 1.29 is 4.18 Å². The third kappa shape index (κ3) is 4.53. The molecule has 0 aliphatic carbocycles. The third-order valence-electron chi connectivity index (χ3n) is 4.07. The van der Waals surface area contributed by atoms with Gasteiger partial charge in [-0.2, -0.15) is 0 Å². The van der Waals surface area contributed by atoms with Gasteiger partial charge in [0.2, 0.25) is 0 Å². The van der Waals surface area contributed by atoms with Crippen molar-refractivity contribution in [3.63, 3.8) is 0 Å². The summed E-state index contributed by atoms with van der Waals surface area (Å²) in [6.07, 6.45) is 4.68. The zero-order valence-electron chi connectivity index (χ0n) is 15.3. The van der Waals surface area contributed by atoms with Crippen molar-refractivity contribution in [2.75, 3.05) is 6.26 Å². The number of aryl methyl sites for hydroxylation is 1. The van der Waals surface area contributed by atoms with Crippen LogP contribution in [0.2, 0.25) is 4.44 Å². The summed E-state index contributed by atoms with van der Waals surface area (Å²) in [5.74, 6) is 0.958. The van der Waals surface area contributed by atoms with E-state index in [0.717, 1.165) is 5.75 Å². The molecule has 0 bridgehead atoms. The average Bonchev–Trinajstić information content (AvgIpc) is 2.80. The summed E-state index contributed by atoms with van der Waals surface area (Å²) in [6, 6.07) is 6.39. The van der Waals surface area contributed by atoms with Crippen LogP contribution in [0.4, 0.5) is 0 Å². The van der Waals surface area contributed by atoms with Crippen LogP contribution in [0.5, 0.6) is 5.75 Å². The van der Waals surface area contributed by atoms with Crippen LogP contribution in [0.25, 0.3) is 10.9 Å². The molecule has 126 valence electrons. The summed E-state index contributed by atoms with van der Waals surface area (Å²) in [5.41, 5.74) is 1.19. The Morgan fingerprint density at radius 3 is 2.65 bits per heavy atom. The summed E-state index contributed by atoms with van der Waals surface area (Å²) in [7, 11) is 2.03. The minimum atomic E-state index is -1.84. The number of rotatable bonds is 6. The van der Waals surface area contributed by atoms with Crippen molar-refractivity contribution in [2.45, 2.75) is 49.7 Å². The normalized spacial score (nSPS) is 13.3. The maximum atomic E-state index is 6.20. The van der Waals surface area contributed by atoms with E-state index >= 15 is 0 Å². The van der Waals surface area contributed by atoms with Crippen molar-refractivity contribution in [3.8, 4) is 5.75 Å². The number of benzene rings is 1. The molecule has 1 atom stereocenters. The monoisotopic (exact) mass is 441 g/mol. The fraction of sp³-hybridized carbons (Fsp3) is 0.556. The van der Waals surface area contributed by atoms with Crippen molar-refractivity contribution in [1.82, 2.24) is 9.78 Å². The first kappa shape index (κ1) is 18.8. The molecule has 1 aromatic carbocycles. The van der Waals surface area contributed by atoms with Gasteiger partial charge in [0.15, 0.2) is 0 Å². The molecule has 2 aromatic rings. The van der Waals surface area contributed by atoms with Crippen molar-refractivity contribution in [1.29, 1.82) is 0 Å². The van der Waals surface area contributed by atoms with Gasteiger partial charge < -0.3 is 0 Å². The number of aromatic nitrogens is 2. The zero-order chi connectivity index (χ0) is 17.2. The van der Waals surface area contributed by atoms with Crippen LogP contribution >= 0.6 is 0 Å². The molecule has 0 saturated heterocycles. The molecule has 3 nitrogen and oxygen atoms in total. The maximum absolute atomic E-state index is 6.20. The van der Waals surface area contributed by atoms with E-state index in [1.54, 1.807) is 0 Å². The quantitative estimate of drug-likeness (QED) is 0.509. The molecule has 0 amide bonds. The van der Waals surface area contributed by atoms with Gasteiger partial charge in [0.25, 0.3) is 0 Å². The number of nitrogens with zero attached hydrogens (tertiary/aromatic N) is 2. The minimum absolute atomic E-state index is 0.123. The molecule has 0 aliphatic heterocycles. The Hall–Kier alpha value is -0.491. The summed E-state index contributed by atoms with van der Waals surface area (Å²) < 4.78 is 15.4. The van der Waals surface area contributed by atoms with Gasteiger partial charge in [-0.15, -0.1) is 0 Å². The molecule has 23 heavy (non-hydrogen) atoms. The van der Waals surface area contributed by atoms with E-state index in [2.05, 4.69) is 56.7 Å². The molecule has 2 rings (SSSR count). The standard InChI is InChI=1S/C13H18N2OS.C4H9.CH2.Sn/c1-13(2,3)17(5)16-11-6-7-12-10(8-11)9-14-15(12)4;1-3-4-2;;/h6-8H,1-5H3;1,3-4H2,2H3;1H2;/q+1;;;. The van der Waals surface area contributed by atoms with E-state index in [9.17, 15) is 0 Å². The number of fused-ring (bicyclic) bond motifs is 1. The molecule has 5 heteroatoms. The van der Waals surface area contributed by atoms with E-state index in [4.69, 9.17) is 9.28 Å². The van der Waals surface area contributed by atoms with Crippen LogP contribution in [0, 0.1) is 0 Å². The summed E-state index contributed by atoms with van der Waals surface area (Å²) in [5, 5.41) is 6.06. The van der Waals surface area contributed by atoms with Gasteiger partial charge >= 0.3 is 151 Å². The van der Waals surface area contributed by atoms with Crippen molar-refractivity contribution in [3.05, 3.63) is 18.2 Å². The number of hydrogen-bond acceptors (Lipinski definition) is 2. The van der Waals surface area contributed by atoms with Crippen LogP contribution in [0.1, 0.15) is 40.5 Å². The Kier molecular flexibility index (Phi) is 6.22. The van der Waals surface area contributed by atoms with Crippen LogP contribution in [-0.4, -0.2) is 44.6 Å². The number of hydrogen-bond donors (Lipinski definition) is 0. The van der Waals surface area contributed by atoms with E-state index in [0.29, 0.717) is 0 Å². The molecule has 0 radical (unpaired) electrons. The molecule has 1 unspecified atom stereocenters. The Morgan fingerprint density at radius 2 is 2.04 bits per heavy atom. The predicted molar refractivity (Wildman–Crippen MR) is 107 cm³/mol. The van der Waals surface area contributed by atoms with Crippen LogP contribution in [0.3, 0.4) is 0 Å². The molecule has 0 saturated carbocycles. The number of unbranched alkanes of at least 4 members (excludes halogenated alkanes) is 1. The fourth-order valence-electron chi connectivity index (χ4n) is 2.34. The first-order valence-corrected chi connectivity index (χ1v) is 15.3. The molecule has 0 fully saturated rings. The van der Waals surface area contributed by atoms with E-state index < -0.39 is 19.3 Å². The molecular formula is C18H29N2OSSn+. The van der Waals surface area contributed by atoms with E-state index in [1.165, 1.54) is 31.9 Å². The molecule has 1 heterocycles. The second-order valence-corrected chi connectivity index (χ2v) is 15.5. The first-order valence-electron chi connectivity index (χ1n) is 8.23. The van der Waals surface area contributed by atoms with Gasteiger partial charge in [-0.05, 0) is 0 Å². The van der Waals surface area contributed by atoms with Gasteiger partial charge in [-0.3, -0.25) is 0 Å². The summed E-state index contributed by atoms with van der Waals surface area (Å²) in [6.45, 7) is 8.90. The van der Waals surface area contributed by atoms with Gasteiger partial charge in [0.05, 0.1) is 0 Å². The second-order valence-electron chi connectivity index (χ2n) is 7.01. The SMILES string of the molecule is [CH2]=[Sn]([CH2]CCC)[c]1nn(C)c2ccc(O[S+](C)C(C)(C)C)cc12. The Bertz CT molecular complexity index is 703. The summed E-state index contributed by atoms with van der Waals surface area (Å²) >= 11 is -1.97. The molecule has 0 N–H and O–H groups in total. The van der Waals surface area contributed by atoms with Gasteiger partial charge in [0, 0.05) is 0 Å². The van der Waals surface area contributed by atoms with E-state index in [-0.39, 0.29) is 15.9 Å². The Morgan fingerprint density at radius 1 is 1.35 bits per heavy atom. The fourth-order valence-corrected chi connectivity index (χ4v) is 8.37.